The van der Waals surface area contributed by atoms with Gasteiger partial charge < -0.3 is 5.11 Å². The number of allylic oxidation sites excluding steroid dienone is 2. The highest BCUT2D eigenvalue weighted by Crippen LogP contribution is 2.51. The van der Waals surface area contributed by atoms with E-state index in [0.717, 1.165) is 19.3 Å². The molecular formula is C15H22O2. The van der Waals surface area contributed by atoms with Crippen molar-refractivity contribution in [2.45, 2.75) is 46.0 Å². The van der Waals surface area contributed by atoms with E-state index in [0.29, 0.717) is 17.9 Å². The molecule has 0 saturated heterocycles. The summed E-state index contributed by atoms with van der Waals surface area (Å²) in [5.41, 5.74) is 3.27. The van der Waals surface area contributed by atoms with Gasteiger partial charge in [0.15, 0.2) is 5.78 Å². The summed E-state index contributed by atoms with van der Waals surface area (Å²) in [6.07, 6.45) is 4.77. The average Bonchev–Trinajstić information content (AvgIpc) is 2.29. The number of carbonyl (C=O) groups excluding carboxylic acids is 1. The smallest absolute Gasteiger partial charge is 0.161 e. The van der Waals surface area contributed by atoms with E-state index >= 15 is 0 Å². The highest BCUT2D eigenvalue weighted by Gasteiger charge is 2.41. The van der Waals surface area contributed by atoms with Crippen molar-refractivity contribution < 1.29 is 9.90 Å². The Kier molecular flexibility index (Phi) is 3.26. The van der Waals surface area contributed by atoms with E-state index in [1.807, 2.05) is 0 Å². The van der Waals surface area contributed by atoms with Crippen molar-refractivity contribution in [1.29, 1.82) is 0 Å². The minimum Gasteiger partial charge on any atom is -0.392 e. The summed E-state index contributed by atoms with van der Waals surface area (Å²) in [5.74, 6) is 0.646. The highest BCUT2D eigenvalue weighted by molar-refractivity contribution is 5.97. The molecule has 0 radical (unpaired) electrons. The van der Waals surface area contributed by atoms with Gasteiger partial charge in [-0.05, 0) is 43.9 Å². The second-order valence-corrected chi connectivity index (χ2v) is 5.89. The largest absolute Gasteiger partial charge is 0.392 e. The Balaban J connectivity index is 2.38. The third-order valence-corrected chi connectivity index (χ3v) is 4.68. The van der Waals surface area contributed by atoms with Crippen molar-refractivity contribution >= 4 is 5.78 Å². The SMILES string of the molecule is C=C(C)C1CCC2(C)CCC(=O)C(CO)=C2C1. The molecule has 1 N–H and O–H groups in total. The highest BCUT2D eigenvalue weighted by atomic mass is 16.3. The van der Waals surface area contributed by atoms with Crippen molar-refractivity contribution in [3.8, 4) is 0 Å². The van der Waals surface area contributed by atoms with E-state index in [4.69, 9.17) is 0 Å². The number of Topliss-reactive ketones (excluding diaryl/α,β-unsaturated/α-hetero) is 1. The summed E-state index contributed by atoms with van der Waals surface area (Å²) < 4.78 is 0. The van der Waals surface area contributed by atoms with E-state index < -0.39 is 0 Å². The molecule has 1 saturated carbocycles. The number of rotatable bonds is 2. The Hall–Kier alpha value is -0.890. The number of ketones is 1. The van der Waals surface area contributed by atoms with Crippen LogP contribution in [-0.4, -0.2) is 17.5 Å². The van der Waals surface area contributed by atoms with Gasteiger partial charge in [-0.3, -0.25) is 4.79 Å². The van der Waals surface area contributed by atoms with Gasteiger partial charge in [0.05, 0.1) is 6.61 Å². The lowest BCUT2D eigenvalue weighted by molar-refractivity contribution is -0.117. The molecule has 1 fully saturated rings. The molecule has 2 rings (SSSR count). The molecule has 94 valence electrons. The molecule has 0 heterocycles. The molecule has 2 nitrogen and oxygen atoms in total. The van der Waals surface area contributed by atoms with Crippen LogP contribution < -0.4 is 0 Å². The molecule has 0 amide bonds. The molecule has 0 spiro atoms. The Bertz CT molecular complexity index is 392. The monoisotopic (exact) mass is 234 g/mol. The van der Waals surface area contributed by atoms with Crippen molar-refractivity contribution in [1.82, 2.24) is 0 Å². The van der Waals surface area contributed by atoms with Gasteiger partial charge in [0.1, 0.15) is 0 Å². The van der Waals surface area contributed by atoms with Gasteiger partial charge in [0.25, 0.3) is 0 Å². The standard InChI is InChI=1S/C15H22O2/c1-10(2)11-4-6-15(3)7-5-14(17)12(9-16)13(15)8-11/h11,16H,1,4-9H2,2-3H3. The first kappa shape index (κ1) is 12.6. The van der Waals surface area contributed by atoms with Crippen LogP contribution >= 0.6 is 0 Å². The maximum Gasteiger partial charge on any atom is 0.161 e. The van der Waals surface area contributed by atoms with E-state index in [1.165, 1.54) is 17.6 Å². The summed E-state index contributed by atoms with van der Waals surface area (Å²) in [7, 11) is 0. The van der Waals surface area contributed by atoms with Gasteiger partial charge in [-0.1, -0.05) is 24.6 Å². The van der Waals surface area contributed by atoms with Crippen LogP contribution in [-0.2, 0) is 4.79 Å². The summed E-state index contributed by atoms with van der Waals surface area (Å²) in [5, 5.41) is 9.44. The van der Waals surface area contributed by atoms with Crippen molar-refractivity contribution in [2.24, 2.45) is 11.3 Å². The third kappa shape index (κ3) is 2.11. The van der Waals surface area contributed by atoms with E-state index in [9.17, 15) is 9.90 Å². The third-order valence-electron chi connectivity index (χ3n) is 4.68. The number of aliphatic hydroxyl groups excluding tert-OH is 1. The normalized spacial score (nSPS) is 33.6. The van der Waals surface area contributed by atoms with Crippen molar-refractivity contribution in [3.05, 3.63) is 23.3 Å². The molecule has 2 unspecified atom stereocenters. The predicted octanol–water partition coefficient (Wildman–Crippen LogP) is 3.02. The number of hydrogen-bond donors (Lipinski definition) is 1. The van der Waals surface area contributed by atoms with Gasteiger partial charge >= 0.3 is 0 Å². The molecule has 2 heteroatoms. The molecule has 2 atom stereocenters. The van der Waals surface area contributed by atoms with E-state index in [2.05, 4.69) is 20.4 Å². The number of hydrogen-bond acceptors (Lipinski definition) is 2. The Labute approximate surface area is 103 Å². The van der Waals surface area contributed by atoms with Gasteiger partial charge in [0.2, 0.25) is 0 Å². The maximum atomic E-state index is 11.9. The second kappa shape index (κ2) is 4.41. The minimum absolute atomic E-state index is 0.0906. The summed E-state index contributed by atoms with van der Waals surface area (Å²) in [6.45, 7) is 8.26. The van der Waals surface area contributed by atoms with Crippen molar-refractivity contribution in [3.63, 3.8) is 0 Å². The van der Waals surface area contributed by atoms with Gasteiger partial charge in [0, 0.05) is 12.0 Å². The molecular weight excluding hydrogens is 212 g/mol. The number of fused-ring (bicyclic) bond motifs is 1. The molecule has 0 bridgehead atoms. The lowest BCUT2D eigenvalue weighted by Gasteiger charge is -2.44. The lowest BCUT2D eigenvalue weighted by atomic mass is 9.60. The zero-order valence-electron chi connectivity index (χ0n) is 10.9. The van der Waals surface area contributed by atoms with Gasteiger partial charge in [-0.15, -0.1) is 0 Å². The minimum atomic E-state index is -0.0906. The molecule has 0 aliphatic heterocycles. The van der Waals surface area contributed by atoms with Crippen LogP contribution in [0.5, 0.6) is 0 Å². The topological polar surface area (TPSA) is 37.3 Å². The molecule has 17 heavy (non-hydrogen) atoms. The van der Waals surface area contributed by atoms with Crippen LogP contribution in [0.25, 0.3) is 0 Å². The Morgan fingerprint density at radius 3 is 2.82 bits per heavy atom. The zero-order valence-corrected chi connectivity index (χ0v) is 10.9. The first-order valence-corrected chi connectivity index (χ1v) is 6.50. The van der Waals surface area contributed by atoms with E-state index in [-0.39, 0.29) is 17.8 Å². The second-order valence-electron chi connectivity index (χ2n) is 5.89. The fourth-order valence-corrected chi connectivity index (χ4v) is 3.31. The van der Waals surface area contributed by atoms with Crippen LogP contribution in [0.4, 0.5) is 0 Å². The zero-order chi connectivity index (χ0) is 12.6. The van der Waals surface area contributed by atoms with E-state index in [1.54, 1.807) is 0 Å². The molecule has 2 aliphatic carbocycles. The predicted molar refractivity (Wildman–Crippen MR) is 68.6 cm³/mol. The number of carbonyl (C=O) groups is 1. The summed E-state index contributed by atoms with van der Waals surface area (Å²) >= 11 is 0. The van der Waals surface area contributed by atoms with Crippen molar-refractivity contribution in [2.75, 3.05) is 6.61 Å². The summed E-state index contributed by atoms with van der Waals surface area (Å²) in [6, 6.07) is 0. The van der Waals surface area contributed by atoms with Gasteiger partial charge in [-0.25, -0.2) is 0 Å². The first-order chi connectivity index (χ1) is 7.98. The fraction of sp³-hybridized carbons (Fsp3) is 0.667. The van der Waals surface area contributed by atoms with Gasteiger partial charge in [-0.2, -0.15) is 0 Å². The maximum absolute atomic E-state index is 11.9. The fourth-order valence-electron chi connectivity index (χ4n) is 3.31. The quantitative estimate of drug-likeness (QED) is 0.746. The first-order valence-electron chi connectivity index (χ1n) is 6.50. The van der Waals surface area contributed by atoms with Crippen LogP contribution in [0.2, 0.25) is 0 Å². The Morgan fingerprint density at radius 2 is 2.24 bits per heavy atom. The summed E-state index contributed by atoms with van der Waals surface area (Å²) in [4.78, 5) is 11.9. The molecule has 2 aliphatic rings. The molecule has 0 aromatic rings. The van der Waals surface area contributed by atoms with Crippen LogP contribution in [0.15, 0.2) is 23.3 Å². The average molecular weight is 234 g/mol. The van der Waals surface area contributed by atoms with Crippen LogP contribution in [0.1, 0.15) is 46.0 Å². The number of aliphatic hydroxyl groups is 1. The lowest BCUT2D eigenvalue weighted by Crippen LogP contribution is -2.35. The Morgan fingerprint density at radius 1 is 1.53 bits per heavy atom. The van der Waals surface area contributed by atoms with Crippen LogP contribution in [0, 0.1) is 11.3 Å². The molecule has 0 aromatic carbocycles. The molecule has 0 aromatic heterocycles. The van der Waals surface area contributed by atoms with Crippen LogP contribution in [0.3, 0.4) is 0 Å².